The molecule has 0 aromatic rings. The Labute approximate surface area is 584 Å². The molecule has 0 spiro atoms. The Balaban J connectivity index is 1.65. The average Bonchev–Trinajstić information content (AvgIpc) is 0.857. The summed E-state index contributed by atoms with van der Waals surface area (Å²) in [6.07, 6.45) is 78.2. The fourth-order valence-corrected chi connectivity index (χ4v) is 12.1. The van der Waals surface area contributed by atoms with Crippen LogP contribution in [0.4, 0.5) is 0 Å². The largest absolute Gasteiger partial charge is 0.394 e. The van der Waals surface area contributed by atoms with Crippen molar-refractivity contribution < 1.29 is 64.6 Å². The number of ether oxygens (including phenoxy) is 4. The lowest BCUT2D eigenvalue weighted by atomic mass is 9.97. The van der Waals surface area contributed by atoms with E-state index in [4.69, 9.17) is 18.9 Å². The number of allylic oxidation sites excluding steroid dienone is 19. The van der Waals surface area contributed by atoms with Gasteiger partial charge in [0.25, 0.3) is 0 Å². The minimum atomic E-state index is -1.80. The highest BCUT2D eigenvalue weighted by molar-refractivity contribution is 5.76. The molecule has 552 valence electrons. The zero-order valence-corrected chi connectivity index (χ0v) is 60.3. The summed E-state index contributed by atoms with van der Waals surface area (Å²) in [5.41, 5.74) is 0. The van der Waals surface area contributed by atoms with Crippen LogP contribution in [0.1, 0.15) is 296 Å². The van der Waals surface area contributed by atoms with E-state index in [2.05, 4.69) is 129 Å². The highest BCUT2D eigenvalue weighted by atomic mass is 16.7. The van der Waals surface area contributed by atoms with E-state index in [1.54, 1.807) is 6.08 Å². The number of rotatable bonds is 63. The fourth-order valence-electron chi connectivity index (χ4n) is 12.1. The Hall–Kier alpha value is -3.61. The second-order valence-corrected chi connectivity index (χ2v) is 26.8. The number of nitrogens with one attached hydrogen (secondary N) is 1. The molecule has 0 aliphatic carbocycles. The van der Waals surface area contributed by atoms with Gasteiger partial charge in [0.2, 0.25) is 5.91 Å². The third-order valence-electron chi connectivity index (χ3n) is 18.2. The molecule has 12 atom stereocenters. The van der Waals surface area contributed by atoms with Crippen LogP contribution < -0.4 is 5.32 Å². The molecule has 1 amide bonds. The molecule has 14 nitrogen and oxygen atoms in total. The molecule has 2 aliphatic rings. The van der Waals surface area contributed by atoms with Crippen molar-refractivity contribution in [1.82, 2.24) is 5.32 Å². The Morgan fingerprint density at radius 2 is 0.719 bits per heavy atom. The number of aliphatic hydroxyl groups excluding tert-OH is 8. The summed E-state index contributed by atoms with van der Waals surface area (Å²) in [6.45, 7) is 2.71. The van der Waals surface area contributed by atoms with E-state index in [0.29, 0.717) is 6.42 Å². The van der Waals surface area contributed by atoms with Crippen LogP contribution in [0, 0.1) is 0 Å². The number of amides is 1. The van der Waals surface area contributed by atoms with Crippen molar-refractivity contribution >= 4 is 5.91 Å². The van der Waals surface area contributed by atoms with Gasteiger partial charge in [0.15, 0.2) is 12.6 Å². The molecule has 0 aromatic heterocycles. The van der Waals surface area contributed by atoms with Crippen molar-refractivity contribution in [3.8, 4) is 0 Å². The minimum absolute atomic E-state index is 0.247. The van der Waals surface area contributed by atoms with E-state index < -0.39 is 86.8 Å². The second-order valence-electron chi connectivity index (χ2n) is 26.8. The van der Waals surface area contributed by atoms with Gasteiger partial charge in [0.1, 0.15) is 48.8 Å². The van der Waals surface area contributed by atoms with Crippen molar-refractivity contribution in [2.24, 2.45) is 0 Å². The summed E-state index contributed by atoms with van der Waals surface area (Å²) in [5.74, 6) is -0.247. The maximum absolute atomic E-state index is 13.4. The first kappa shape index (κ1) is 88.5. The van der Waals surface area contributed by atoms with Gasteiger partial charge in [-0.05, 0) is 89.9 Å². The van der Waals surface area contributed by atoms with Gasteiger partial charge in [-0.2, -0.15) is 0 Å². The molecule has 0 bridgehead atoms. The first-order chi connectivity index (χ1) is 47.1. The molecule has 2 heterocycles. The quantitative estimate of drug-likeness (QED) is 0.0204. The molecule has 2 fully saturated rings. The van der Waals surface area contributed by atoms with Gasteiger partial charge < -0.3 is 65.1 Å². The third-order valence-corrected chi connectivity index (χ3v) is 18.2. The monoisotopic (exact) mass is 1350 g/mol. The van der Waals surface area contributed by atoms with Crippen molar-refractivity contribution in [3.05, 3.63) is 122 Å². The zero-order valence-electron chi connectivity index (χ0n) is 60.3. The Morgan fingerprint density at radius 1 is 0.385 bits per heavy atom. The van der Waals surface area contributed by atoms with Crippen LogP contribution in [0.25, 0.3) is 0 Å². The molecule has 2 rings (SSSR count). The van der Waals surface area contributed by atoms with Crippen LogP contribution in [0.15, 0.2) is 122 Å². The molecule has 12 unspecified atom stereocenters. The van der Waals surface area contributed by atoms with Crippen LogP contribution >= 0.6 is 0 Å². The normalized spacial score (nSPS) is 22.9. The van der Waals surface area contributed by atoms with Gasteiger partial charge in [0.05, 0.1) is 32.0 Å². The summed E-state index contributed by atoms with van der Waals surface area (Å²) in [4.78, 5) is 13.4. The SMILES string of the molecule is CC/C=C\C/C=C\C/C=C\C/C=C\C/C=C\C/C=C\C/C=C\C/C=C\C/C=C\CCCCCCCCCCCC(=O)NC(COC1OC(CO)C(OC2OC(CO)C(O)C(O)C2O)C(O)C1O)C(O)/C=C/CCCCCCCCCCCCCCCCCCCCCCCCC. The van der Waals surface area contributed by atoms with E-state index in [9.17, 15) is 45.6 Å². The van der Waals surface area contributed by atoms with Crippen molar-refractivity contribution in [3.63, 3.8) is 0 Å². The lowest BCUT2D eigenvalue weighted by molar-refractivity contribution is -0.359. The van der Waals surface area contributed by atoms with Crippen LogP contribution in [0.2, 0.25) is 0 Å². The molecule has 0 radical (unpaired) electrons. The first-order valence-corrected chi connectivity index (χ1v) is 38.8. The molecule has 2 saturated heterocycles. The number of hydrogen-bond acceptors (Lipinski definition) is 13. The molecule has 96 heavy (non-hydrogen) atoms. The number of aliphatic hydroxyl groups is 8. The van der Waals surface area contributed by atoms with Crippen molar-refractivity contribution in [2.75, 3.05) is 19.8 Å². The van der Waals surface area contributed by atoms with Crippen molar-refractivity contribution in [1.29, 1.82) is 0 Å². The molecule has 0 aromatic carbocycles. The number of unbranched alkanes of at least 4 members (excludes halogenated alkanes) is 32. The summed E-state index contributed by atoms with van der Waals surface area (Å²) < 4.78 is 22.9. The highest BCUT2D eigenvalue weighted by Gasteiger charge is 2.51. The lowest BCUT2D eigenvalue weighted by Crippen LogP contribution is -2.65. The Morgan fingerprint density at radius 3 is 1.10 bits per heavy atom. The van der Waals surface area contributed by atoms with Gasteiger partial charge in [-0.3, -0.25) is 4.79 Å². The molecular weight excluding hydrogens is 1210 g/mol. The Kier molecular flexibility index (Phi) is 59.7. The van der Waals surface area contributed by atoms with Crippen molar-refractivity contribution in [2.45, 2.75) is 370 Å². The third kappa shape index (κ3) is 47.4. The predicted octanol–water partition coefficient (Wildman–Crippen LogP) is 17.2. The number of carbonyl (C=O) groups excluding carboxylic acids is 1. The second kappa shape index (κ2) is 64.7. The Bertz CT molecular complexity index is 2080. The van der Waals surface area contributed by atoms with Crippen LogP contribution in [0.5, 0.6) is 0 Å². The molecule has 14 heteroatoms. The van der Waals surface area contributed by atoms with Gasteiger partial charge in [-0.15, -0.1) is 0 Å². The summed E-state index contributed by atoms with van der Waals surface area (Å²) >= 11 is 0. The zero-order chi connectivity index (χ0) is 69.4. The first-order valence-electron chi connectivity index (χ1n) is 38.8. The van der Waals surface area contributed by atoms with E-state index in [0.717, 1.165) is 103 Å². The standard InChI is InChI=1S/C82H141NO13/c1-3-5-7-9-11-13-15-17-19-21-23-25-27-29-30-31-32-33-34-35-36-37-38-39-40-42-44-46-48-50-52-54-56-58-60-62-64-66-74(87)83-70(69-93-81-79(92)77(90)80(73(68-85)95-81)96-82-78(91)76(89)75(88)72(67-84)94-82)71(86)65-63-61-59-57-55-53-51-49-47-45-43-41-28-26-24-22-20-18-16-14-12-10-8-6-4-2/h5,7,11,13,17,19,23,25,29-30,32-33,35-36,38-39,42,44,63,65,70-73,75-82,84-86,88-92H,3-4,6,8-10,12,14-16,18,20-22,24,26-28,31,34,37,40-41,43,45-62,64,66-69H2,1-2H3,(H,83,87)/b7-5-,13-11-,19-17-,25-23-,30-29-,33-32-,36-35-,39-38-,44-42-,65-63+. The van der Waals surface area contributed by atoms with E-state index in [1.807, 2.05) is 6.08 Å². The van der Waals surface area contributed by atoms with E-state index in [1.165, 1.54) is 167 Å². The molecule has 0 saturated carbocycles. The van der Waals surface area contributed by atoms with Crippen LogP contribution in [-0.4, -0.2) is 140 Å². The topological polar surface area (TPSA) is 228 Å². The molecular formula is C82H141NO13. The number of hydrogen-bond donors (Lipinski definition) is 9. The summed E-state index contributed by atoms with van der Waals surface area (Å²) in [6, 6.07) is -0.928. The molecule has 2 aliphatic heterocycles. The average molecular weight is 1350 g/mol. The minimum Gasteiger partial charge on any atom is -0.394 e. The van der Waals surface area contributed by atoms with E-state index >= 15 is 0 Å². The predicted molar refractivity (Wildman–Crippen MR) is 396 cm³/mol. The summed E-state index contributed by atoms with van der Waals surface area (Å²) in [5, 5.41) is 87.6. The van der Waals surface area contributed by atoms with Gasteiger partial charge in [-0.1, -0.05) is 322 Å². The smallest absolute Gasteiger partial charge is 0.220 e. The van der Waals surface area contributed by atoms with Gasteiger partial charge >= 0.3 is 0 Å². The van der Waals surface area contributed by atoms with Crippen LogP contribution in [0.3, 0.4) is 0 Å². The number of carbonyl (C=O) groups is 1. The van der Waals surface area contributed by atoms with Crippen LogP contribution in [-0.2, 0) is 23.7 Å². The van der Waals surface area contributed by atoms with E-state index in [-0.39, 0.29) is 18.9 Å². The highest BCUT2D eigenvalue weighted by Crippen LogP contribution is 2.30. The maximum atomic E-state index is 13.4. The van der Waals surface area contributed by atoms with Gasteiger partial charge in [0, 0.05) is 6.42 Å². The molecule has 9 N–H and O–H groups in total. The summed E-state index contributed by atoms with van der Waals surface area (Å²) in [7, 11) is 0. The van der Waals surface area contributed by atoms with Gasteiger partial charge in [-0.25, -0.2) is 0 Å². The lowest BCUT2D eigenvalue weighted by Gasteiger charge is -2.46. The fraction of sp³-hybridized carbons (Fsp3) is 0.744. The maximum Gasteiger partial charge on any atom is 0.220 e.